The van der Waals surface area contributed by atoms with Crippen molar-refractivity contribution in [2.75, 3.05) is 6.61 Å². The predicted octanol–water partition coefficient (Wildman–Crippen LogP) is 4.83. The van der Waals surface area contributed by atoms with Crippen molar-refractivity contribution in [1.82, 2.24) is 0 Å². The van der Waals surface area contributed by atoms with Crippen LogP contribution in [0.25, 0.3) is 0 Å². The summed E-state index contributed by atoms with van der Waals surface area (Å²) in [5, 5.41) is 8.71. The van der Waals surface area contributed by atoms with E-state index in [0.29, 0.717) is 5.57 Å². The molecule has 0 saturated carbocycles. The number of para-hydroxylation sites is 1. The highest BCUT2D eigenvalue weighted by atomic mass is 16.5. The molecule has 0 spiro atoms. The third-order valence-corrected chi connectivity index (χ3v) is 3.40. The Balaban J connectivity index is 1.89. The van der Waals surface area contributed by atoms with E-state index in [4.69, 9.17) is 9.84 Å². The van der Waals surface area contributed by atoms with Gasteiger partial charge in [0.05, 0.1) is 6.61 Å². The summed E-state index contributed by atoms with van der Waals surface area (Å²) >= 11 is 0. The Bertz CT molecular complexity index is 423. The molecule has 0 amide bonds. The highest BCUT2D eigenvalue weighted by Crippen LogP contribution is 2.11. The van der Waals surface area contributed by atoms with Gasteiger partial charge in [0.25, 0.3) is 0 Å². The van der Waals surface area contributed by atoms with E-state index in [-0.39, 0.29) is 0 Å². The monoisotopic (exact) mass is 290 g/mol. The minimum Gasteiger partial charge on any atom is -0.494 e. The Labute approximate surface area is 127 Å². The molecule has 0 radical (unpaired) electrons. The molecule has 1 aromatic carbocycles. The number of carboxylic acids is 1. The topological polar surface area (TPSA) is 46.5 Å². The van der Waals surface area contributed by atoms with Gasteiger partial charge in [-0.25, -0.2) is 4.79 Å². The van der Waals surface area contributed by atoms with Crippen molar-refractivity contribution < 1.29 is 14.6 Å². The van der Waals surface area contributed by atoms with Crippen molar-refractivity contribution in [3.05, 3.63) is 42.0 Å². The van der Waals surface area contributed by atoms with Crippen molar-refractivity contribution in [3.8, 4) is 5.75 Å². The number of hydrogen-bond acceptors (Lipinski definition) is 2. The second-order valence-electron chi connectivity index (χ2n) is 5.26. The predicted molar refractivity (Wildman–Crippen MR) is 85.6 cm³/mol. The van der Waals surface area contributed by atoms with Gasteiger partial charge in [0.1, 0.15) is 5.75 Å². The van der Waals surface area contributed by atoms with E-state index < -0.39 is 5.97 Å². The molecule has 0 aliphatic heterocycles. The average molecular weight is 290 g/mol. The summed E-state index contributed by atoms with van der Waals surface area (Å²) in [5.74, 6) is 0.131. The number of unbranched alkanes of at least 4 members (excludes halogenated alkanes) is 6. The fourth-order valence-electron chi connectivity index (χ4n) is 2.07. The first-order valence-corrected chi connectivity index (χ1v) is 7.78. The van der Waals surface area contributed by atoms with Gasteiger partial charge in [-0.15, -0.1) is 0 Å². The molecule has 3 heteroatoms. The molecule has 1 N–H and O–H groups in total. The highest BCUT2D eigenvalue weighted by molar-refractivity contribution is 5.85. The third-order valence-electron chi connectivity index (χ3n) is 3.40. The Morgan fingerprint density at radius 1 is 1.05 bits per heavy atom. The molecule has 0 saturated heterocycles. The zero-order valence-electron chi connectivity index (χ0n) is 12.9. The van der Waals surface area contributed by atoms with Crippen LogP contribution in [-0.2, 0) is 4.79 Å². The number of benzene rings is 1. The number of rotatable bonds is 11. The highest BCUT2D eigenvalue weighted by Gasteiger charge is 1.98. The lowest BCUT2D eigenvalue weighted by Crippen LogP contribution is -1.97. The molecule has 1 rings (SSSR count). The van der Waals surface area contributed by atoms with Gasteiger partial charge in [-0.2, -0.15) is 0 Å². The molecular formula is C18H26O3. The quantitative estimate of drug-likeness (QED) is 0.469. The van der Waals surface area contributed by atoms with E-state index in [1.54, 1.807) is 6.92 Å². The first kappa shape index (κ1) is 17.3. The normalized spacial score (nSPS) is 11.4. The van der Waals surface area contributed by atoms with Gasteiger partial charge in [-0.1, -0.05) is 50.0 Å². The molecule has 0 unspecified atom stereocenters. The number of ether oxygens (including phenoxy) is 1. The number of carboxylic acid groups (broad SMARTS) is 1. The molecule has 0 aliphatic carbocycles. The van der Waals surface area contributed by atoms with Crippen molar-refractivity contribution in [3.63, 3.8) is 0 Å². The number of hydrogen-bond donors (Lipinski definition) is 1. The maximum absolute atomic E-state index is 10.6. The summed E-state index contributed by atoms with van der Waals surface area (Å²) in [7, 11) is 0. The van der Waals surface area contributed by atoms with Crippen LogP contribution in [0.2, 0.25) is 0 Å². The van der Waals surface area contributed by atoms with Gasteiger partial charge in [-0.05, 0) is 38.3 Å². The standard InChI is InChI=1S/C18H26O3/c1-16(18(19)20)12-8-5-3-2-4-6-11-15-21-17-13-9-7-10-14-17/h7,9-10,12-14H,2-6,8,11,15H2,1H3,(H,19,20). The van der Waals surface area contributed by atoms with Gasteiger partial charge >= 0.3 is 5.97 Å². The van der Waals surface area contributed by atoms with Gasteiger partial charge < -0.3 is 9.84 Å². The minimum absolute atomic E-state index is 0.452. The van der Waals surface area contributed by atoms with Crippen LogP contribution in [0.15, 0.2) is 42.0 Å². The summed E-state index contributed by atoms with van der Waals surface area (Å²) < 4.78 is 5.64. The summed E-state index contributed by atoms with van der Waals surface area (Å²) in [6, 6.07) is 9.91. The van der Waals surface area contributed by atoms with Crippen molar-refractivity contribution in [2.24, 2.45) is 0 Å². The van der Waals surface area contributed by atoms with Crippen LogP contribution in [-0.4, -0.2) is 17.7 Å². The van der Waals surface area contributed by atoms with Crippen LogP contribution in [0.4, 0.5) is 0 Å². The van der Waals surface area contributed by atoms with Crippen LogP contribution in [0.3, 0.4) is 0 Å². The van der Waals surface area contributed by atoms with Gasteiger partial charge in [0.2, 0.25) is 0 Å². The lowest BCUT2D eigenvalue weighted by molar-refractivity contribution is -0.132. The molecule has 0 fully saturated rings. The summed E-state index contributed by atoms with van der Waals surface area (Å²) in [6.45, 7) is 2.43. The minimum atomic E-state index is -0.812. The molecule has 0 atom stereocenters. The van der Waals surface area contributed by atoms with Crippen molar-refractivity contribution >= 4 is 5.97 Å². The molecule has 0 aliphatic rings. The zero-order chi connectivity index (χ0) is 15.3. The van der Waals surface area contributed by atoms with E-state index in [0.717, 1.165) is 31.6 Å². The van der Waals surface area contributed by atoms with Gasteiger partial charge in [0, 0.05) is 5.57 Å². The zero-order valence-corrected chi connectivity index (χ0v) is 12.9. The Kier molecular flexibility index (Phi) is 9.01. The Morgan fingerprint density at radius 3 is 2.33 bits per heavy atom. The van der Waals surface area contributed by atoms with Crippen LogP contribution in [0.1, 0.15) is 51.9 Å². The Hall–Kier alpha value is -1.77. The van der Waals surface area contributed by atoms with Crippen LogP contribution in [0.5, 0.6) is 5.75 Å². The van der Waals surface area contributed by atoms with E-state index in [9.17, 15) is 4.79 Å². The summed E-state index contributed by atoms with van der Waals surface area (Å²) in [6.07, 6.45) is 9.65. The SMILES string of the molecule is CC(=CCCCCCCCCOc1ccccc1)C(=O)O. The molecule has 0 aromatic heterocycles. The van der Waals surface area contributed by atoms with Crippen LogP contribution >= 0.6 is 0 Å². The second kappa shape index (κ2) is 11.0. The van der Waals surface area contributed by atoms with Gasteiger partial charge in [0.15, 0.2) is 0 Å². The third kappa shape index (κ3) is 8.90. The molecule has 0 heterocycles. The molecular weight excluding hydrogens is 264 g/mol. The van der Waals surface area contributed by atoms with Crippen LogP contribution < -0.4 is 4.74 Å². The lowest BCUT2D eigenvalue weighted by atomic mass is 10.1. The van der Waals surface area contributed by atoms with E-state index in [1.165, 1.54) is 25.7 Å². The molecule has 3 nitrogen and oxygen atoms in total. The second-order valence-corrected chi connectivity index (χ2v) is 5.26. The molecule has 1 aromatic rings. The maximum atomic E-state index is 10.6. The summed E-state index contributed by atoms with van der Waals surface area (Å²) in [4.78, 5) is 10.6. The smallest absolute Gasteiger partial charge is 0.330 e. The first-order valence-electron chi connectivity index (χ1n) is 7.78. The van der Waals surface area contributed by atoms with E-state index in [1.807, 2.05) is 36.4 Å². The van der Waals surface area contributed by atoms with Crippen molar-refractivity contribution in [2.45, 2.75) is 51.9 Å². The Morgan fingerprint density at radius 2 is 1.67 bits per heavy atom. The maximum Gasteiger partial charge on any atom is 0.330 e. The fraction of sp³-hybridized carbons (Fsp3) is 0.500. The van der Waals surface area contributed by atoms with Crippen LogP contribution in [0, 0.1) is 0 Å². The average Bonchev–Trinajstić information content (AvgIpc) is 2.49. The van der Waals surface area contributed by atoms with Crippen molar-refractivity contribution in [1.29, 1.82) is 0 Å². The molecule has 21 heavy (non-hydrogen) atoms. The summed E-state index contributed by atoms with van der Waals surface area (Å²) in [5.41, 5.74) is 0.452. The molecule has 0 bridgehead atoms. The largest absolute Gasteiger partial charge is 0.494 e. The van der Waals surface area contributed by atoms with E-state index in [2.05, 4.69) is 0 Å². The van der Waals surface area contributed by atoms with Gasteiger partial charge in [-0.3, -0.25) is 0 Å². The lowest BCUT2D eigenvalue weighted by Gasteiger charge is -2.05. The fourth-order valence-corrected chi connectivity index (χ4v) is 2.07. The number of allylic oxidation sites excluding steroid dienone is 1. The van der Waals surface area contributed by atoms with E-state index >= 15 is 0 Å². The number of carbonyl (C=O) groups is 1. The first-order chi connectivity index (χ1) is 10.2. The molecule has 116 valence electrons. The number of aliphatic carboxylic acids is 1.